The molecule has 7 aromatic carbocycles. The first kappa shape index (κ1) is 30.0. The average Bonchev–Trinajstić information content (AvgIpc) is 3.63. The Morgan fingerprint density at radius 1 is 0.500 bits per heavy atom. The summed E-state index contributed by atoms with van der Waals surface area (Å²) in [5, 5.41) is 5.27. The van der Waals surface area contributed by atoms with Crippen LogP contribution in [0.25, 0.3) is 49.4 Å². The SMILES string of the molecule is CC1=C[CH]([Zr]([CH3])(=[SiH2])([c]2ccccc2)[CH]2c3cc(C)ccc3-c3ccc(C)cc32)c2cccc(-c3cc4ccccc4c4ccccc34)c21. The third-order valence-corrected chi connectivity index (χ3v) is 35.1. The molecule has 2 aliphatic carbocycles. The van der Waals surface area contributed by atoms with Crippen LogP contribution in [0.1, 0.15) is 47.6 Å². The van der Waals surface area contributed by atoms with Crippen molar-refractivity contribution in [1.29, 1.82) is 0 Å². The molecule has 0 amide bonds. The van der Waals surface area contributed by atoms with Crippen LogP contribution >= 0.6 is 0 Å². The van der Waals surface area contributed by atoms with Gasteiger partial charge in [-0.2, -0.15) is 0 Å². The third-order valence-electron chi connectivity index (χ3n) is 11.9. The van der Waals surface area contributed by atoms with Crippen molar-refractivity contribution in [3.8, 4) is 22.3 Å². The number of hydrogen-bond acceptors (Lipinski definition) is 0. The van der Waals surface area contributed by atoms with E-state index in [4.69, 9.17) is 0 Å². The molecule has 0 spiro atoms. The summed E-state index contributed by atoms with van der Waals surface area (Å²) < 4.78 is 5.11. The molecule has 0 saturated heterocycles. The van der Waals surface area contributed by atoms with E-state index < -0.39 is 17.4 Å². The molecule has 0 N–H and O–H groups in total. The summed E-state index contributed by atoms with van der Waals surface area (Å²) in [7, 11) is 0. The van der Waals surface area contributed by atoms with E-state index >= 15 is 0 Å². The van der Waals surface area contributed by atoms with Gasteiger partial charge < -0.3 is 0 Å². The zero-order valence-electron chi connectivity index (χ0n) is 28.2. The standard InChI is InChI=1S/C24H17.C15H13.C6H5.CH3.H2Si.Zr/c1-16-13-14-17-8-6-12-22(24(16)17)23-15-18-7-2-3-9-19(18)20-10-4-5-11-21(20)23;1-10-3-5-14-12(7-10)9-13-8-11(2)4-6-15(13)14;1-2-4-6-5-3-1;;;/h2-15H,1H3;3-9H,1-2H3;1-5H;1H3;1H2;. The number of fused-ring (bicyclic) bond motifs is 7. The van der Waals surface area contributed by atoms with Gasteiger partial charge in [0.25, 0.3) is 0 Å². The summed E-state index contributed by atoms with van der Waals surface area (Å²) in [5.74, 6) is 0. The molecule has 0 nitrogen and oxygen atoms in total. The molecule has 9 rings (SSSR count). The Hall–Kier alpha value is -4.10. The van der Waals surface area contributed by atoms with Crippen LogP contribution in [-0.2, 0) is 17.4 Å². The summed E-state index contributed by atoms with van der Waals surface area (Å²) in [4.78, 5) is 0. The van der Waals surface area contributed by atoms with Crippen molar-refractivity contribution in [1.82, 2.24) is 0 Å². The Labute approximate surface area is 286 Å². The predicted molar refractivity (Wildman–Crippen MR) is 207 cm³/mol. The first-order chi connectivity index (χ1) is 23.2. The van der Waals surface area contributed by atoms with Crippen LogP contribution in [0, 0.1) is 13.8 Å². The molecular formula is C46H40SiZr. The van der Waals surface area contributed by atoms with Gasteiger partial charge in [0.1, 0.15) is 0 Å². The third kappa shape index (κ3) is 4.15. The Balaban J connectivity index is 1.35. The molecule has 0 aliphatic heterocycles. The summed E-state index contributed by atoms with van der Waals surface area (Å²) in [6.07, 6.45) is 2.70. The first-order valence-electron chi connectivity index (χ1n) is 17.3. The average molecular weight is 712 g/mol. The van der Waals surface area contributed by atoms with E-state index in [-0.39, 0.29) is 0 Å². The van der Waals surface area contributed by atoms with Gasteiger partial charge in [-0.25, -0.2) is 0 Å². The zero-order valence-corrected chi connectivity index (χ0v) is 32.1. The molecule has 0 heterocycles. The Morgan fingerprint density at radius 2 is 1.10 bits per heavy atom. The van der Waals surface area contributed by atoms with Gasteiger partial charge >= 0.3 is 289 Å². The topological polar surface area (TPSA) is 0 Å². The fourth-order valence-corrected chi connectivity index (χ4v) is 31.0. The number of aryl methyl sites for hydroxylation is 2. The molecule has 0 radical (unpaired) electrons. The van der Waals surface area contributed by atoms with Crippen LogP contribution in [0.5, 0.6) is 0 Å². The molecular weight excluding hydrogens is 672 g/mol. The minimum absolute atomic E-state index is 0.360. The van der Waals surface area contributed by atoms with E-state index in [0.29, 0.717) is 7.25 Å². The van der Waals surface area contributed by atoms with Crippen LogP contribution in [-0.4, -0.2) is 6.88 Å². The van der Waals surface area contributed by atoms with E-state index in [1.165, 1.54) is 71.6 Å². The van der Waals surface area contributed by atoms with Crippen LogP contribution in [0.3, 0.4) is 0 Å². The van der Waals surface area contributed by atoms with Gasteiger partial charge in [-0.1, -0.05) is 0 Å². The van der Waals surface area contributed by atoms with Crippen LogP contribution in [0.2, 0.25) is 4.63 Å². The van der Waals surface area contributed by atoms with Crippen molar-refractivity contribution in [3.63, 3.8) is 0 Å². The Bertz CT molecular complexity index is 2520. The second kappa shape index (κ2) is 10.7. The molecule has 2 heteroatoms. The molecule has 1 atom stereocenters. The Morgan fingerprint density at radius 3 is 1.79 bits per heavy atom. The molecule has 0 bridgehead atoms. The first-order valence-corrected chi connectivity index (χ1v) is 29.7. The fourth-order valence-electron chi connectivity index (χ4n) is 9.67. The van der Waals surface area contributed by atoms with Crippen LogP contribution in [0.4, 0.5) is 0 Å². The zero-order chi connectivity index (χ0) is 32.8. The van der Waals surface area contributed by atoms with Gasteiger partial charge in [0.05, 0.1) is 0 Å². The van der Waals surface area contributed by atoms with Crippen LogP contribution < -0.4 is 3.27 Å². The van der Waals surface area contributed by atoms with Crippen molar-refractivity contribution in [2.24, 2.45) is 0 Å². The second-order valence-corrected chi connectivity index (χ2v) is 41.4. The van der Waals surface area contributed by atoms with E-state index in [1.807, 2.05) is 0 Å². The normalized spacial score (nSPS) is 15.8. The van der Waals surface area contributed by atoms with Crippen molar-refractivity contribution < 1.29 is 17.4 Å². The van der Waals surface area contributed by atoms with Gasteiger partial charge in [0, 0.05) is 0 Å². The van der Waals surface area contributed by atoms with Crippen molar-refractivity contribution in [3.05, 3.63) is 179 Å². The molecule has 0 saturated carbocycles. The minimum atomic E-state index is -4.21. The van der Waals surface area contributed by atoms with E-state index in [2.05, 4.69) is 178 Å². The Kier molecular flexibility index (Phi) is 6.69. The predicted octanol–water partition coefficient (Wildman–Crippen LogP) is 11.1. The van der Waals surface area contributed by atoms with Gasteiger partial charge in [0.2, 0.25) is 0 Å². The van der Waals surface area contributed by atoms with Crippen molar-refractivity contribution in [2.75, 3.05) is 0 Å². The van der Waals surface area contributed by atoms with Crippen LogP contribution in [0.15, 0.2) is 146 Å². The summed E-state index contributed by atoms with van der Waals surface area (Å²) in [6, 6.07) is 53.6. The van der Waals surface area contributed by atoms with E-state index in [0.717, 1.165) is 0 Å². The van der Waals surface area contributed by atoms with Crippen molar-refractivity contribution in [2.45, 2.75) is 32.7 Å². The maximum absolute atomic E-state index is 4.21. The molecule has 232 valence electrons. The second-order valence-electron chi connectivity index (χ2n) is 15.0. The molecule has 2 aliphatic rings. The van der Waals surface area contributed by atoms with Gasteiger partial charge in [0.15, 0.2) is 0 Å². The monoisotopic (exact) mass is 710 g/mol. The number of benzene rings is 7. The fraction of sp³-hybridized carbons (Fsp3) is 0.130. The summed E-state index contributed by atoms with van der Waals surface area (Å²) in [6.45, 7) is 9.35. The quantitative estimate of drug-likeness (QED) is 0.126. The number of hydrogen-bond donors (Lipinski definition) is 0. The molecule has 0 fully saturated rings. The van der Waals surface area contributed by atoms with Gasteiger partial charge in [-0.05, 0) is 0 Å². The molecule has 48 heavy (non-hydrogen) atoms. The molecule has 0 aromatic heterocycles. The van der Waals surface area contributed by atoms with Crippen molar-refractivity contribution >= 4 is 37.3 Å². The maximum atomic E-state index is 2.78. The van der Waals surface area contributed by atoms with Gasteiger partial charge in [-0.3, -0.25) is 0 Å². The van der Waals surface area contributed by atoms with E-state index in [1.54, 1.807) is 14.4 Å². The summed E-state index contributed by atoms with van der Waals surface area (Å²) in [5.41, 5.74) is 15.7. The van der Waals surface area contributed by atoms with Gasteiger partial charge in [-0.15, -0.1) is 0 Å². The molecule has 7 aromatic rings. The van der Waals surface area contributed by atoms with E-state index in [9.17, 15) is 0 Å². The summed E-state index contributed by atoms with van der Waals surface area (Å²) >= 11 is -4.21. The number of rotatable bonds is 4. The number of allylic oxidation sites excluding steroid dienone is 2. The molecule has 1 unspecified atom stereocenters.